The van der Waals surface area contributed by atoms with Gasteiger partial charge in [0.05, 0.1) is 11.3 Å². The average molecular weight is 264 g/mol. The first-order chi connectivity index (χ1) is 9.01. The van der Waals surface area contributed by atoms with Gasteiger partial charge in [-0.25, -0.2) is 9.78 Å². The number of unbranched alkanes of at least 4 members (excludes halogenated alkanes) is 1. The summed E-state index contributed by atoms with van der Waals surface area (Å²) in [5.74, 6) is -1.17. The first kappa shape index (κ1) is 15.1. The van der Waals surface area contributed by atoms with E-state index in [2.05, 4.69) is 11.9 Å². The summed E-state index contributed by atoms with van der Waals surface area (Å²) >= 11 is 0. The predicted molar refractivity (Wildman–Crippen MR) is 72.4 cm³/mol. The molecule has 0 radical (unpaired) electrons. The Bertz CT molecular complexity index is 472. The highest BCUT2D eigenvalue weighted by Gasteiger charge is 2.17. The Morgan fingerprint density at radius 3 is 2.47 bits per heavy atom. The fraction of sp³-hybridized carbons (Fsp3) is 0.500. The zero-order chi connectivity index (χ0) is 14.4. The minimum absolute atomic E-state index is 0.133. The Hall–Kier alpha value is -1.91. The molecule has 1 rings (SSSR count). The lowest BCUT2D eigenvalue weighted by molar-refractivity contribution is 0.0691. The van der Waals surface area contributed by atoms with Gasteiger partial charge in [0.25, 0.3) is 5.91 Å². The van der Waals surface area contributed by atoms with Crippen molar-refractivity contribution in [2.75, 3.05) is 13.1 Å². The molecule has 0 atom stereocenters. The highest BCUT2D eigenvalue weighted by atomic mass is 16.4. The predicted octanol–water partition coefficient (Wildman–Crippen LogP) is 2.35. The molecule has 1 aromatic heterocycles. The standard InChI is InChI=1S/C14H20N2O3/c1-4-6-9-16(5-2)13(17)12-8-7-11(14(18)19)10(3)15-12/h7-8H,4-6,9H2,1-3H3,(H,18,19). The van der Waals surface area contributed by atoms with Crippen molar-refractivity contribution >= 4 is 11.9 Å². The smallest absolute Gasteiger partial charge is 0.337 e. The van der Waals surface area contributed by atoms with Gasteiger partial charge in [0, 0.05) is 13.1 Å². The summed E-state index contributed by atoms with van der Waals surface area (Å²) < 4.78 is 0. The third-order valence-electron chi connectivity index (χ3n) is 2.99. The molecule has 0 aliphatic rings. The van der Waals surface area contributed by atoms with Crippen molar-refractivity contribution in [1.29, 1.82) is 0 Å². The monoisotopic (exact) mass is 264 g/mol. The molecule has 5 nitrogen and oxygen atoms in total. The number of hydrogen-bond donors (Lipinski definition) is 1. The number of carboxylic acid groups (broad SMARTS) is 1. The Labute approximate surface area is 113 Å². The van der Waals surface area contributed by atoms with Gasteiger partial charge >= 0.3 is 5.97 Å². The molecule has 104 valence electrons. The number of amides is 1. The van der Waals surface area contributed by atoms with Crippen LogP contribution in [0.5, 0.6) is 0 Å². The van der Waals surface area contributed by atoms with Crippen LogP contribution in [0, 0.1) is 6.92 Å². The third-order valence-corrected chi connectivity index (χ3v) is 2.99. The van der Waals surface area contributed by atoms with Crippen LogP contribution in [0.4, 0.5) is 0 Å². The van der Waals surface area contributed by atoms with E-state index in [1.807, 2.05) is 6.92 Å². The molecular formula is C14H20N2O3. The summed E-state index contributed by atoms with van der Waals surface area (Å²) in [4.78, 5) is 29.0. The maximum Gasteiger partial charge on any atom is 0.337 e. The molecule has 0 unspecified atom stereocenters. The quantitative estimate of drug-likeness (QED) is 0.856. The molecular weight excluding hydrogens is 244 g/mol. The Morgan fingerprint density at radius 2 is 2.00 bits per heavy atom. The van der Waals surface area contributed by atoms with Crippen molar-refractivity contribution in [1.82, 2.24) is 9.88 Å². The van der Waals surface area contributed by atoms with E-state index in [1.165, 1.54) is 12.1 Å². The Kier molecular flexibility index (Phi) is 5.48. The van der Waals surface area contributed by atoms with E-state index in [0.29, 0.717) is 24.5 Å². The molecule has 1 heterocycles. The van der Waals surface area contributed by atoms with Crippen molar-refractivity contribution in [2.45, 2.75) is 33.6 Å². The van der Waals surface area contributed by atoms with Crippen molar-refractivity contribution in [2.24, 2.45) is 0 Å². The van der Waals surface area contributed by atoms with E-state index in [4.69, 9.17) is 5.11 Å². The maximum atomic E-state index is 12.2. The fourth-order valence-corrected chi connectivity index (χ4v) is 1.82. The first-order valence-corrected chi connectivity index (χ1v) is 6.51. The van der Waals surface area contributed by atoms with Gasteiger partial charge in [-0.3, -0.25) is 4.79 Å². The molecule has 0 aliphatic carbocycles. The van der Waals surface area contributed by atoms with E-state index >= 15 is 0 Å². The van der Waals surface area contributed by atoms with E-state index < -0.39 is 5.97 Å². The fourth-order valence-electron chi connectivity index (χ4n) is 1.82. The van der Waals surface area contributed by atoms with Gasteiger partial charge in [-0.15, -0.1) is 0 Å². The van der Waals surface area contributed by atoms with E-state index in [0.717, 1.165) is 12.8 Å². The van der Waals surface area contributed by atoms with Crippen molar-refractivity contribution in [3.63, 3.8) is 0 Å². The van der Waals surface area contributed by atoms with E-state index in [1.54, 1.807) is 11.8 Å². The van der Waals surface area contributed by atoms with Crippen LogP contribution < -0.4 is 0 Å². The molecule has 0 aliphatic heterocycles. The number of aromatic nitrogens is 1. The second kappa shape index (κ2) is 6.87. The van der Waals surface area contributed by atoms with Crippen molar-refractivity contribution in [3.05, 3.63) is 29.1 Å². The summed E-state index contributed by atoms with van der Waals surface area (Å²) in [6.07, 6.45) is 1.97. The zero-order valence-electron chi connectivity index (χ0n) is 11.6. The summed E-state index contributed by atoms with van der Waals surface area (Å²) in [6.45, 7) is 6.92. The molecule has 0 fully saturated rings. The van der Waals surface area contributed by atoms with Crippen LogP contribution in [0.1, 0.15) is 53.2 Å². The molecule has 1 amide bonds. The van der Waals surface area contributed by atoms with Crippen LogP contribution in [0.15, 0.2) is 12.1 Å². The van der Waals surface area contributed by atoms with Crippen LogP contribution >= 0.6 is 0 Å². The first-order valence-electron chi connectivity index (χ1n) is 6.51. The van der Waals surface area contributed by atoms with Crippen LogP contribution in [0.3, 0.4) is 0 Å². The molecule has 0 bridgehead atoms. The van der Waals surface area contributed by atoms with Gasteiger partial charge in [0.2, 0.25) is 0 Å². The topological polar surface area (TPSA) is 70.5 Å². The lowest BCUT2D eigenvalue weighted by Gasteiger charge is -2.20. The number of carbonyl (C=O) groups is 2. The minimum atomic E-state index is -1.03. The van der Waals surface area contributed by atoms with Crippen LogP contribution in [-0.2, 0) is 0 Å². The zero-order valence-corrected chi connectivity index (χ0v) is 11.6. The molecule has 19 heavy (non-hydrogen) atoms. The van der Waals surface area contributed by atoms with Crippen molar-refractivity contribution < 1.29 is 14.7 Å². The highest BCUT2D eigenvalue weighted by molar-refractivity contribution is 5.94. The van der Waals surface area contributed by atoms with Gasteiger partial charge < -0.3 is 10.0 Å². The highest BCUT2D eigenvalue weighted by Crippen LogP contribution is 2.10. The number of rotatable bonds is 6. The Balaban J connectivity index is 2.93. The van der Waals surface area contributed by atoms with Crippen LogP contribution in [0.25, 0.3) is 0 Å². The second-order valence-corrected chi connectivity index (χ2v) is 4.37. The molecule has 1 aromatic rings. The average Bonchev–Trinajstić information content (AvgIpc) is 2.38. The normalized spacial score (nSPS) is 10.3. The number of hydrogen-bond acceptors (Lipinski definition) is 3. The lowest BCUT2D eigenvalue weighted by atomic mass is 10.1. The number of pyridine rings is 1. The van der Waals surface area contributed by atoms with E-state index in [-0.39, 0.29) is 11.5 Å². The number of carboxylic acids is 1. The van der Waals surface area contributed by atoms with Gasteiger partial charge in [0.15, 0.2) is 0 Å². The molecule has 0 spiro atoms. The molecule has 0 saturated carbocycles. The summed E-state index contributed by atoms with van der Waals surface area (Å²) in [7, 11) is 0. The van der Waals surface area contributed by atoms with Gasteiger partial charge in [-0.05, 0) is 32.4 Å². The SMILES string of the molecule is CCCCN(CC)C(=O)c1ccc(C(=O)O)c(C)n1. The number of carbonyl (C=O) groups excluding carboxylic acids is 1. The van der Waals surface area contributed by atoms with Gasteiger partial charge in [0.1, 0.15) is 5.69 Å². The summed E-state index contributed by atoms with van der Waals surface area (Å²) in [5.41, 5.74) is 0.804. The summed E-state index contributed by atoms with van der Waals surface area (Å²) in [6, 6.07) is 2.92. The minimum Gasteiger partial charge on any atom is -0.478 e. The molecule has 0 saturated heterocycles. The Morgan fingerprint density at radius 1 is 1.32 bits per heavy atom. The molecule has 5 heteroatoms. The van der Waals surface area contributed by atoms with Crippen LogP contribution in [-0.4, -0.2) is 40.0 Å². The summed E-state index contributed by atoms with van der Waals surface area (Å²) in [5, 5.41) is 8.93. The molecule has 1 N–H and O–H groups in total. The van der Waals surface area contributed by atoms with E-state index in [9.17, 15) is 9.59 Å². The largest absolute Gasteiger partial charge is 0.478 e. The maximum absolute atomic E-state index is 12.2. The number of aryl methyl sites for hydroxylation is 1. The second-order valence-electron chi connectivity index (χ2n) is 4.37. The van der Waals surface area contributed by atoms with Crippen molar-refractivity contribution in [3.8, 4) is 0 Å². The number of nitrogens with zero attached hydrogens (tertiary/aromatic N) is 2. The number of aromatic carboxylic acids is 1. The van der Waals surface area contributed by atoms with Gasteiger partial charge in [-0.2, -0.15) is 0 Å². The third kappa shape index (κ3) is 3.77. The molecule has 0 aromatic carbocycles. The van der Waals surface area contributed by atoms with Crippen LogP contribution in [0.2, 0.25) is 0 Å². The van der Waals surface area contributed by atoms with Gasteiger partial charge in [-0.1, -0.05) is 13.3 Å². The lowest BCUT2D eigenvalue weighted by Crippen LogP contribution is -2.32.